The highest BCUT2D eigenvalue weighted by Gasteiger charge is 2.31. The SMILES string of the molecule is CCc1ncc(CNC(CNC(=O)OC(C)(C)C)C2CC2)s1. The van der Waals surface area contributed by atoms with Gasteiger partial charge in [0.1, 0.15) is 5.60 Å². The molecule has 1 atom stereocenters. The summed E-state index contributed by atoms with van der Waals surface area (Å²) in [7, 11) is 0. The summed E-state index contributed by atoms with van der Waals surface area (Å²) in [5.41, 5.74) is -0.453. The minimum absolute atomic E-state index is 0.305. The lowest BCUT2D eigenvalue weighted by Crippen LogP contribution is -2.43. The summed E-state index contributed by atoms with van der Waals surface area (Å²) in [5.74, 6) is 0.661. The Morgan fingerprint density at radius 2 is 2.23 bits per heavy atom. The van der Waals surface area contributed by atoms with E-state index in [4.69, 9.17) is 4.74 Å². The van der Waals surface area contributed by atoms with Gasteiger partial charge in [-0.05, 0) is 46.0 Å². The number of ether oxygens (including phenoxy) is 1. The van der Waals surface area contributed by atoms with Crippen molar-refractivity contribution >= 4 is 17.4 Å². The molecule has 0 saturated heterocycles. The van der Waals surface area contributed by atoms with Crippen LogP contribution in [0.1, 0.15) is 50.4 Å². The number of rotatable bonds is 7. The molecule has 0 aromatic carbocycles. The fraction of sp³-hybridized carbons (Fsp3) is 0.750. The number of nitrogens with one attached hydrogen (secondary N) is 2. The molecule has 22 heavy (non-hydrogen) atoms. The van der Waals surface area contributed by atoms with Crippen LogP contribution in [0.15, 0.2) is 6.20 Å². The largest absolute Gasteiger partial charge is 0.444 e. The normalized spacial score (nSPS) is 16.4. The maximum atomic E-state index is 11.8. The van der Waals surface area contributed by atoms with Crippen LogP contribution in [0.3, 0.4) is 0 Å². The molecule has 1 amide bonds. The van der Waals surface area contributed by atoms with Gasteiger partial charge in [0, 0.05) is 30.2 Å². The Labute approximate surface area is 136 Å². The molecule has 1 heterocycles. The summed E-state index contributed by atoms with van der Waals surface area (Å²) in [6.07, 6.45) is 5.05. The van der Waals surface area contributed by atoms with E-state index in [1.807, 2.05) is 27.0 Å². The first kappa shape index (κ1) is 17.2. The van der Waals surface area contributed by atoms with Crippen molar-refractivity contribution in [1.82, 2.24) is 15.6 Å². The van der Waals surface area contributed by atoms with Gasteiger partial charge in [0.15, 0.2) is 0 Å². The first-order valence-corrected chi connectivity index (χ1v) is 8.83. The summed E-state index contributed by atoms with van der Waals surface area (Å²) >= 11 is 1.75. The van der Waals surface area contributed by atoms with Gasteiger partial charge in [-0.1, -0.05) is 6.92 Å². The molecule has 124 valence electrons. The minimum atomic E-state index is -0.453. The van der Waals surface area contributed by atoms with Crippen LogP contribution < -0.4 is 10.6 Å². The lowest BCUT2D eigenvalue weighted by Gasteiger charge is -2.22. The Morgan fingerprint density at radius 3 is 2.77 bits per heavy atom. The molecule has 6 heteroatoms. The van der Waals surface area contributed by atoms with Crippen molar-refractivity contribution in [3.8, 4) is 0 Å². The highest BCUT2D eigenvalue weighted by atomic mass is 32.1. The molecule has 1 aliphatic carbocycles. The maximum absolute atomic E-state index is 11.8. The quantitative estimate of drug-likeness (QED) is 0.808. The molecule has 0 radical (unpaired) electrons. The standard InChI is InChI=1S/C16H27N3O2S/c1-5-14-18-9-12(22-14)8-17-13(11-6-7-11)10-19-15(20)21-16(2,3)4/h9,11,13,17H,5-8,10H2,1-4H3,(H,19,20). The second-order valence-corrected chi connectivity index (χ2v) is 7.98. The van der Waals surface area contributed by atoms with Gasteiger partial charge >= 0.3 is 6.09 Å². The molecular weight excluding hydrogens is 298 g/mol. The number of hydrogen-bond donors (Lipinski definition) is 2. The molecule has 1 fully saturated rings. The number of carbonyl (C=O) groups is 1. The first-order valence-electron chi connectivity index (χ1n) is 8.01. The first-order chi connectivity index (χ1) is 10.4. The second kappa shape index (κ2) is 7.42. The van der Waals surface area contributed by atoms with E-state index in [1.165, 1.54) is 22.7 Å². The van der Waals surface area contributed by atoms with E-state index in [0.717, 1.165) is 13.0 Å². The van der Waals surface area contributed by atoms with E-state index >= 15 is 0 Å². The Hall–Kier alpha value is -1.14. The zero-order valence-electron chi connectivity index (χ0n) is 13.9. The number of amides is 1. The van der Waals surface area contributed by atoms with Crippen LogP contribution in [0.25, 0.3) is 0 Å². The van der Waals surface area contributed by atoms with E-state index in [-0.39, 0.29) is 6.09 Å². The van der Waals surface area contributed by atoms with E-state index in [2.05, 4.69) is 22.5 Å². The van der Waals surface area contributed by atoms with Crippen LogP contribution >= 0.6 is 11.3 Å². The van der Waals surface area contributed by atoms with Gasteiger partial charge in [0.05, 0.1) is 5.01 Å². The van der Waals surface area contributed by atoms with Crippen molar-refractivity contribution in [3.05, 3.63) is 16.1 Å². The monoisotopic (exact) mass is 325 g/mol. The number of alkyl carbamates (subject to hydrolysis) is 1. The van der Waals surface area contributed by atoms with E-state index in [9.17, 15) is 4.79 Å². The second-order valence-electron chi connectivity index (χ2n) is 6.78. The van der Waals surface area contributed by atoms with E-state index in [0.29, 0.717) is 18.5 Å². The Kier molecular flexibility index (Phi) is 5.81. The van der Waals surface area contributed by atoms with Crippen molar-refractivity contribution in [3.63, 3.8) is 0 Å². The molecule has 1 aromatic heterocycles. The third-order valence-electron chi connectivity index (χ3n) is 3.50. The Morgan fingerprint density at radius 1 is 1.50 bits per heavy atom. The molecule has 0 bridgehead atoms. The van der Waals surface area contributed by atoms with Gasteiger partial charge in [0.2, 0.25) is 0 Å². The van der Waals surface area contributed by atoms with Gasteiger partial charge in [-0.3, -0.25) is 0 Å². The van der Waals surface area contributed by atoms with Gasteiger partial charge in [-0.2, -0.15) is 0 Å². The molecule has 2 N–H and O–H groups in total. The number of carbonyl (C=O) groups excluding carboxylic acids is 1. The minimum Gasteiger partial charge on any atom is -0.444 e. The molecule has 0 spiro atoms. The Bertz CT molecular complexity index is 492. The van der Waals surface area contributed by atoms with Crippen LogP contribution in [0, 0.1) is 5.92 Å². The summed E-state index contributed by atoms with van der Waals surface area (Å²) in [5, 5.41) is 7.60. The molecule has 2 rings (SSSR count). The number of hydrogen-bond acceptors (Lipinski definition) is 5. The zero-order valence-corrected chi connectivity index (χ0v) is 14.8. The predicted octanol–water partition coefficient (Wildman–Crippen LogP) is 3.10. The van der Waals surface area contributed by atoms with Crippen LogP contribution in [0.5, 0.6) is 0 Å². The van der Waals surface area contributed by atoms with Gasteiger partial charge in [-0.15, -0.1) is 11.3 Å². The summed E-state index contributed by atoms with van der Waals surface area (Å²) in [6, 6.07) is 0.305. The third kappa shape index (κ3) is 5.93. The summed E-state index contributed by atoms with van der Waals surface area (Å²) in [4.78, 5) is 17.4. The third-order valence-corrected chi connectivity index (χ3v) is 4.64. The average molecular weight is 325 g/mol. The van der Waals surface area contributed by atoms with Crippen molar-refractivity contribution in [1.29, 1.82) is 0 Å². The van der Waals surface area contributed by atoms with Crippen molar-refractivity contribution in [2.45, 2.75) is 65.1 Å². The van der Waals surface area contributed by atoms with Crippen LogP contribution in [0.2, 0.25) is 0 Å². The van der Waals surface area contributed by atoms with Crippen molar-refractivity contribution in [2.24, 2.45) is 5.92 Å². The lowest BCUT2D eigenvalue weighted by molar-refractivity contribution is 0.0521. The van der Waals surface area contributed by atoms with Crippen molar-refractivity contribution in [2.75, 3.05) is 6.54 Å². The summed E-state index contributed by atoms with van der Waals surface area (Å²) in [6.45, 7) is 9.16. The molecule has 0 aliphatic heterocycles. The van der Waals surface area contributed by atoms with E-state index < -0.39 is 5.60 Å². The van der Waals surface area contributed by atoms with Gasteiger partial charge < -0.3 is 15.4 Å². The Balaban J connectivity index is 1.76. The smallest absolute Gasteiger partial charge is 0.407 e. The highest BCUT2D eigenvalue weighted by Crippen LogP contribution is 2.32. The summed E-state index contributed by atoms with van der Waals surface area (Å²) < 4.78 is 5.28. The molecule has 1 saturated carbocycles. The molecule has 1 unspecified atom stereocenters. The number of nitrogens with zero attached hydrogens (tertiary/aromatic N) is 1. The number of aromatic nitrogens is 1. The topological polar surface area (TPSA) is 63.2 Å². The average Bonchev–Trinajstić information content (AvgIpc) is 3.15. The lowest BCUT2D eigenvalue weighted by atomic mass is 10.2. The highest BCUT2D eigenvalue weighted by molar-refractivity contribution is 7.11. The maximum Gasteiger partial charge on any atom is 0.407 e. The molecular formula is C16H27N3O2S. The fourth-order valence-corrected chi connectivity index (χ4v) is 3.05. The van der Waals surface area contributed by atoms with Crippen molar-refractivity contribution < 1.29 is 9.53 Å². The fourth-order valence-electron chi connectivity index (χ4n) is 2.24. The van der Waals surface area contributed by atoms with Crippen LogP contribution in [-0.2, 0) is 17.7 Å². The number of aryl methyl sites for hydroxylation is 1. The van der Waals surface area contributed by atoms with E-state index in [1.54, 1.807) is 11.3 Å². The predicted molar refractivity (Wildman–Crippen MR) is 89.1 cm³/mol. The van der Waals surface area contributed by atoms with Crippen LogP contribution in [0.4, 0.5) is 4.79 Å². The molecule has 1 aromatic rings. The number of thiazole rings is 1. The molecule has 5 nitrogen and oxygen atoms in total. The molecule has 1 aliphatic rings. The van der Waals surface area contributed by atoms with Gasteiger partial charge in [0.25, 0.3) is 0 Å². The van der Waals surface area contributed by atoms with Crippen LogP contribution in [-0.4, -0.2) is 29.3 Å². The zero-order chi connectivity index (χ0) is 16.2. The van der Waals surface area contributed by atoms with Gasteiger partial charge in [-0.25, -0.2) is 9.78 Å².